The second kappa shape index (κ2) is 9.29. The number of rotatable bonds is 5. The van der Waals surface area contributed by atoms with Gasteiger partial charge in [0, 0.05) is 36.3 Å². The Morgan fingerprint density at radius 1 is 1.19 bits per heavy atom. The highest BCUT2D eigenvalue weighted by Crippen LogP contribution is 2.28. The minimum absolute atomic E-state index is 0.0451. The molecule has 1 aliphatic rings. The topological polar surface area (TPSA) is 99.3 Å². The second-order valence-electron chi connectivity index (χ2n) is 8.32. The molecule has 1 fully saturated rings. The van der Waals surface area contributed by atoms with Gasteiger partial charge < -0.3 is 16.0 Å². The first-order chi connectivity index (χ1) is 14.7. The Balaban J connectivity index is 1.71. The number of nitrogens with zero attached hydrogens (tertiary/aromatic N) is 1. The maximum absolute atomic E-state index is 14.0. The summed E-state index contributed by atoms with van der Waals surface area (Å²) in [5.74, 6) is -0.745. The van der Waals surface area contributed by atoms with Gasteiger partial charge in [-0.15, -0.1) is 0 Å². The van der Waals surface area contributed by atoms with Gasteiger partial charge in [0.15, 0.2) is 0 Å². The lowest BCUT2D eigenvalue weighted by Crippen LogP contribution is -2.48. The van der Waals surface area contributed by atoms with Crippen molar-refractivity contribution in [3.63, 3.8) is 0 Å². The fourth-order valence-corrected chi connectivity index (χ4v) is 3.85. The van der Waals surface area contributed by atoms with Crippen LogP contribution < -0.4 is 11.1 Å². The summed E-state index contributed by atoms with van der Waals surface area (Å²) in [6.07, 6.45) is 1.30. The molecule has 0 atom stereocenters. The van der Waals surface area contributed by atoms with Gasteiger partial charge in [0.25, 0.3) is 5.91 Å². The highest BCUT2D eigenvalue weighted by atomic mass is 19.1. The number of anilines is 1. The van der Waals surface area contributed by atoms with Crippen LogP contribution in [-0.2, 0) is 9.59 Å². The molecule has 0 aliphatic carbocycles. The van der Waals surface area contributed by atoms with Crippen molar-refractivity contribution in [2.24, 2.45) is 5.92 Å². The zero-order chi connectivity index (χ0) is 22.7. The second-order valence-corrected chi connectivity index (χ2v) is 8.32. The molecule has 4 N–H and O–H groups in total. The number of halogens is 1. The maximum atomic E-state index is 14.0. The zero-order valence-corrected chi connectivity index (χ0v) is 18.2. The van der Waals surface area contributed by atoms with Gasteiger partial charge in [0.2, 0.25) is 5.91 Å². The zero-order valence-electron chi connectivity index (χ0n) is 18.2. The lowest BCUT2D eigenvalue weighted by atomic mass is 9.95. The van der Waals surface area contributed by atoms with Gasteiger partial charge >= 0.3 is 0 Å². The maximum Gasteiger partial charge on any atom is 0.270 e. The SMILES string of the molecule is Cc1c(F)cccc1-c1ccc(N)c(C(=N)C(=O)NC2CCN(C(=O)C(C)C)CC2)c1. The molecular weight excluding hydrogens is 395 g/mol. The molecule has 0 radical (unpaired) electrons. The van der Waals surface area contributed by atoms with Crippen molar-refractivity contribution in [1.82, 2.24) is 10.2 Å². The predicted octanol–water partition coefficient (Wildman–Crippen LogP) is 3.51. The normalized spacial score (nSPS) is 14.5. The minimum atomic E-state index is -0.506. The third-order valence-electron chi connectivity index (χ3n) is 5.76. The molecule has 31 heavy (non-hydrogen) atoms. The van der Waals surface area contributed by atoms with E-state index in [9.17, 15) is 14.0 Å². The van der Waals surface area contributed by atoms with Gasteiger partial charge in [0.1, 0.15) is 11.5 Å². The van der Waals surface area contributed by atoms with Crippen molar-refractivity contribution >= 4 is 23.2 Å². The van der Waals surface area contributed by atoms with E-state index in [1.165, 1.54) is 6.07 Å². The molecule has 2 aromatic carbocycles. The molecule has 1 heterocycles. The summed E-state index contributed by atoms with van der Waals surface area (Å²) in [6.45, 7) is 6.62. The third-order valence-corrected chi connectivity index (χ3v) is 5.76. The number of nitrogens with one attached hydrogen (secondary N) is 2. The first-order valence-electron chi connectivity index (χ1n) is 10.5. The Morgan fingerprint density at radius 2 is 1.87 bits per heavy atom. The van der Waals surface area contributed by atoms with Crippen LogP contribution >= 0.6 is 0 Å². The third kappa shape index (κ3) is 4.93. The quantitative estimate of drug-likeness (QED) is 0.506. The smallest absolute Gasteiger partial charge is 0.270 e. The standard InChI is InChI=1S/C24H29FN4O2/c1-14(2)24(31)29-11-9-17(10-12-29)28-23(30)22(27)19-13-16(7-8-21(19)26)18-5-4-6-20(25)15(18)3/h4-8,13-14,17,27H,9-12,26H2,1-3H3,(H,28,30). The van der Waals surface area contributed by atoms with Crippen molar-refractivity contribution in [1.29, 1.82) is 5.41 Å². The fourth-order valence-electron chi connectivity index (χ4n) is 3.85. The molecule has 2 aromatic rings. The number of nitrogens with two attached hydrogens (primary N) is 1. The van der Waals surface area contributed by atoms with Crippen molar-refractivity contribution < 1.29 is 14.0 Å². The Bertz CT molecular complexity index is 1010. The van der Waals surface area contributed by atoms with E-state index >= 15 is 0 Å². The molecule has 0 spiro atoms. The monoisotopic (exact) mass is 424 g/mol. The van der Waals surface area contributed by atoms with Crippen LogP contribution in [0.3, 0.4) is 0 Å². The number of hydrogen-bond donors (Lipinski definition) is 3. The van der Waals surface area contributed by atoms with Crippen LogP contribution in [0.4, 0.5) is 10.1 Å². The summed E-state index contributed by atoms with van der Waals surface area (Å²) >= 11 is 0. The summed E-state index contributed by atoms with van der Waals surface area (Å²) in [7, 11) is 0. The Morgan fingerprint density at radius 3 is 2.52 bits per heavy atom. The van der Waals surface area contributed by atoms with Gasteiger partial charge in [0.05, 0.1) is 0 Å². The first kappa shape index (κ1) is 22.5. The molecule has 0 aromatic heterocycles. The van der Waals surface area contributed by atoms with Crippen molar-refractivity contribution in [2.45, 2.75) is 39.7 Å². The number of benzene rings is 2. The Labute approximate surface area is 182 Å². The van der Waals surface area contributed by atoms with Crippen LogP contribution in [0.5, 0.6) is 0 Å². The molecule has 0 unspecified atom stereocenters. The molecular formula is C24H29FN4O2. The van der Waals surface area contributed by atoms with Crippen molar-refractivity contribution in [3.05, 3.63) is 53.3 Å². The largest absolute Gasteiger partial charge is 0.398 e. The van der Waals surface area contributed by atoms with Gasteiger partial charge in [-0.05, 0) is 54.7 Å². The summed E-state index contributed by atoms with van der Waals surface area (Å²) in [6, 6.07) is 9.76. The molecule has 3 rings (SSSR count). The van der Waals surface area contributed by atoms with E-state index in [2.05, 4.69) is 5.32 Å². The number of likely N-dealkylation sites (tertiary alicyclic amines) is 1. The van der Waals surface area contributed by atoms with Crippen LogP contribution in [-0.4, -0.2) is 41.6 Å². The number of carbonyl (C=O) groups excluding carboxylic acids is 2. The molecule has 164 valence electrons. The Hall–Kier alpha value is -3.22. The highest BCUT2D eigenvalue weighted by Gasteiger charge is 2.26. The lowest BCUT2D eigenvalue weighted by Gasteiger charge is -2.33. The van der Waals surface area contributed by atoms with Gasteiger partial charge in [-0.3, -0.25) is 15.0 Å². The van der Waals surface area contributed by atoms with E-state index < -0.39 is 5.91 Å². The molecule has 6 nitrogen and oxygen atoms in total. The molecule has 2 amide bonds. The van der Waals surface area contributed by atoms with E-state index in [1.54, 1.807) is 37.3 Å². The van der Waals surface area contributed by atoms with Crippen LogP contribution in [0.25, 0.3) is 11.1 Å². The van der Waals surface area contributed by atoms with Gasteiger partial charge in [-0.2, -0.15) is 0 Å². The first-order valence-corrected chi connectivity index (χ1v) is 10.5. The van der Waals surface area contributed by atoms with Crippen LogP contribution in [0, 0.1) is 24.1 Å². The average molecular weight is 425 g/mol. The van der Waals surface area contributed by atoms with E-state index in [4.69, 9.17) is 11.1 Å². The van der Waals surface area contributed by atoms with Gasteiger partial charge in [-0.1, -0.05) is 32.0 Å². The van der Waals surface area contributed by atoms with E-state index in [0.717, 1.165) is 0 Å². The molecule has 0 saturated carbocycles. The van der Waals surface area contributed by atoms with E-state index in [1.807, 2.05) is 18.7 Å². The highest BCUT2D eigenvalue weighted by molar-refractivity contribution is 6.45. The van der Waals surface area contributed by atoms with Crippen molar-refractivity contribution in [3.8, 4) is 11.1 Å². The number of piperidine rings is 1. The van der Waals surface area contributed by atoms with Crippen molar-refractivity contribution in [2.75, 3.05) is 18.8 Å². The average Bonchev–Trinajstić information content (AvgIpc) is 2.75. The molecule has 0 bridgehead atoms. The minimum Gasteiger partial charge on any atom is -0.398 e. The molecule has 1 aliphatic heterocycles. The Kier molecular flexibility index (Phi) is 6.73. The number of hydrogen-bond acceptors (Lipinski definition) is 4. The summed E-state index contributed by atoms with van der Waals surface area (Å²) in [4.78, 5) is 26.7. The number of nitrogen functional groups attached to an aromatic ring is 1. The summed E-state index contributed by atoms with van der Waals surface area (Å²) < 4.78 is 14.0. The van der Waals surface area contributed by atoms with Crippen LogP contribution in [0.2, 0.25) is 0 Å². The van der Waals surface area contributed by atoms with E-state index in [0.29, 0.717) is 53.9 Å². The number of carbonyl (C=O) groups is 2. The van der Waals surface area contributed by atoms with E-state index in [-0.39, 0.29) is 29.4 Å². The number of amides is 2. The van der Waals surface area contributed by atoms with Crippen LogP contribution in [0.15, 0.2) is 36.4 Å². The lowest BCUT2D eigenvalue weighted by molar-refractivity contribution is -0.135. The summed E-state index contributed by atoms with van der Waals surface area (Å²) in [5.41, 5.74) is 8.33. The fraction of sp³-hybridized carbons (Fsp3) is 0.375. The summed E-state index contributed by atoms with van der Waals surface area (Å²) in [5, 5.41) is 11.3. The van der Waals surface area contributed by atoms with Gasteiger partial charge in [-0.25, -0.2) is 4.39 Å². The predicted molar refractivity (Wildman–Crippen MR) is 120 cm³/mol. The molecule has 7 heteroatoms. The van der Waals surface area contributed by atoms with Crippen LogP contribution in [0.1, 0.15) is 37.8 Å². The molecule has 1 saturated heterocycles.